The van der Waals surface area contributed by atoms with E-state index in [9.17, 15) is 0 Å². The number of hydrogen-bond donors (Lipinski definition) is 1. The Morgan fingerprint density at radius 1 is 1.16 bits per heavy atom. The molecular weight excluding hydrogens is 238 g/mol. The Hall–Kier alpha value is -1.22. The fourth-order valence-corrected chi connectivity index (χ4v) is 2.82. The lowest BCUT2D eigenvalue weighted by molar-refractivity contribution is 0.168. The molecule has 2 aliphatic rings. The standard InChI is InChI=1S/C16H23NO2/c1-16(2,3)11-9-12(13-5-4-6-17-13)15-14(10-11)18-7-8-19-15/h9-10,13,17H,4-8H2,1-3H3. The first-order valence-electron chi connectivity index (χ1n) is 7.23. The SMILES string of the molecule is CC(C)(C)c1cc2c(c(C3CCCN3)c1)OCCO2. The average Bonchev–Trinajstić information content (AvgIpc) is 2.90. The lowest BCUT2D eigenvalue weighted by Crippen LogP contribution is -2.22. The van der Waals surface area contributed by atoms with E-state index >= 15 is 0 Å². The van der Waals surface area contributed by atoms with Crippen molar-refractivity contribution in [2.24, 2.45) is 0 Å². The summed E-state index contributed by atoms with van der Waals surface area (Å²) in [6.45, 7) is 9.12. The molecule has 1 N–H and O–H groups in total. The highest BCUT2D eigenvalue weighted by molar-refractivity contribution is 5.53. The molecule has 1 saturated heterocycles. The van der Waals surface area contributed by atoms with E-state index in [-0.39, 0.29) is 5.41 Å². The molecule has 19 heavy (non-hydrogen) atoms. The first-order valence-corrected chi connectivity index (χ1v) is 7.23. The van der Waals surface area contributed by atoms with E-state index in [1.807, 2.05) is 0 Å². The summed E-state index contributed by atoms with van der Waals surface area (Å²) in [6, 6.07) is 4.86. The number of benzene rings is 1. The van der Waals surface area contributed by atoms with Gasteiger partial charge in [-0.05, 0) is 42.5 Å². The number of rotatable bonds is 1. The summed E-state index contributed by atoms with van der Waals surface area (Å²) in [5.41, 5.74) is 2.73. The normalized spacial score (nSPS) is 22.6. The van der Waals surface area contributed by atoms with Gasteiger partial charge in [0.2, 0.25) is 0 Å². The maximum Gasteiger partial charge on any atom is 0.166 e. The highest BCUT2D eigenvalue weighted by Gasteiger charge is 2.27. The van der Waals surface area contributed by atoms with Crippen molar-refractivity contribution in [3.05, 3.63) is 23.3 Å². The van der Waals surface area contributed by atoms with Crippen LogP contribution in [0.3, 0.4) is 0 Å². The molecule has 0 amide bonds. The Morgan fingerprint density at radius 3 is 2.63 bits per heavy atom. The van der Waals surface area contributed by atoms with E-state index in [1.165, 1.54) is 24.0 Å². The lowest BCUT2D eigenvalue weighted by Gasteiger charge is -2.28. The number of nitrogens with one attached hydrogen (secondary N) is 1. The summed E-state index contributed by atoms with van der Waals surface area (Å²) < 4.78 is 11.7. The minimum absolute atomic E-state index is 0.128. The van der Waals surface area contributed by atoms with E-state index in [0.29, 0.717) is 19.3 Å². The molecule has 2 aliphatic heterocycles. The van der Waals surface area contributed by atoms with Crippen molar-refractivity contribution < 1.29 is 9.47 Å². The van der Waals surface area contributed by atoms with Gasteiger partial charge in [0, 0.05) is 11.6 Å². The van der Waals surface area contributed by atoms with Crippen LogP contribution < -0.4 is 14.8 Å². The van der Waals surface area contributed by atoms with Crippen molar-refractivity contribution in [2.75, 3.05) is 19.8 Å². The van der Waals surface area contributed by atoms with Gasteiger partial charge in [-0.15, -0.1) is 0 Å². The van der Waals surface area contributed by atoms with Crippen LogP contribution in [0.15, 0.2) is 12.1 Å². The smallest absolute Gasteiger partial charge is 0.166 e. The molecule has 1 aromatic carbocycles. The highest BCUT2D eigenvalue weighted by Crippen LogP contribution is 2.42. The van der Waals surface area contributed by atoms with E-state index < -0.39 is 0 Å². The molecule has 104 valence electrons. The second-order valence-electron chi connectivity index (χ2n) is 6.49. The summed E-state index contributed by atoms with van der Waals surface area (Å²) in [4.78, 5) is 0. The summed E-state index contributed by atoms with van der Waals surface area (Å²) in [7, 11) is 0. The molecule has 0 bridgehead atoms. The minimum Gasteiger partial charge on any atom is -0.486 e. The van der Waals surface area contributed by atoms with Crippen molar-refractivity contribution in [2.45, 2.75) is 45.1 Å². The van der Waals surface area contributed by atoms with Crippen LogP contribution >= 0.6 is 0 Å². The number of hydrogen-bond acceptors (Lipinski definition) is 3. The summed E-state index contributed by atoms with van der Waals surface area (Å²) in [5, 5.41) is 3.57. The Morgan fingerprint density at radius 2 is 1.95 bits per heavy atom. The predicted molar refractivity (Wildman–Crippen MR) is 76.1 cm³/mol. The van der Waals surface area contributed by atoms with Crippen LogP contribution in [-0.4, -0.2) is 19.8 Å². The minimum atomic E-state index is 0.128. The molecule has 0 radical (unpaired) electrons. The first-order chi connectivity index (χ1) is 9.05. The molecule has 2 heterocycles. The zero-order chi connectivity index (χ0) is 13.5. The van der Waals surface area contributed by atoms with Gasteiger partial charge in [0.05, 0.1) is 0 Å². The predicted octanol–water partition coefficient (Wildman–Crippen LogP) is 3.18. The van der Waals surface area contributed by atoms with Gasteiger partial charge in [-0.3, -0.25) is 0 Å². The third-order valence-electron chi connectivity index (χ3n) is 3.97. The van der Waals surface area contributed by atoms with Crippen LogP contribution in [0, 0.1) is 0 Å². The maximum absolute atomic E-state index is 5.87. The Kier molecular flexibility index (Phi) is 3.17. The van der Waals surface area contributed by atoms with Crippen molar-refractivity contribution in [3.8, 4) is 11.5 Å². The maximum atomic E-state index is 5.87. The molecule has 1 aromatic rings. The van der Waals surface area contributed by atoms with Gasteiger partial charge in [0.15, 0.2) is 11.5 Å². The van der Waals surface area contributed by atoms with Crippen LogP contribution in [0.5, 0.6) is 11.5 Å². The van der Waals surface area contributed by atoms with Crippen molar-refractivity contribution >= 4 is 0 Å². The molecule has 3 rings (SSSR count). The molecule has 0 aliphatic carbocycles. The quantitative estimate of drug-likeness (QED) is 0.842. The van der Waals surface area contributed by atoms with Crippen LogP contribution in [0.2, 0.25) is 0 Å². The Labute approximate surface area is 115 Å². The van der Waals surface area contributed by atoms with Crippen LogP contribution in [0.1, 0.15) is 50.8 Å². The molecule has 0 spiro atoms. The zero-order valence-corrected chi connectivity index (χ0v) is 12.1. The van der Waals surface area contributed by atoms with Crippen LogP contribution in [0.4, 0.5) is 0 Å². The lowest BCUT2D eigenvalue weighted by atomic mass is 9.84. The molecule has 1 fully saturated rings. The molecule has 3 heteroatoms. The molecule has 1 unspecified atom stereocenters. The van der Waals surface area contributed by atoms with E-state index in [4.69, 9.17) is 9.47 Å². The van der Waals surface area contributed by atoms with E-state index in [2.05, 4.69) is 38.2 Å². The Bertz CT molecular complexity index is 470. The first kappa shape index (κ1) is 12.8. The molecular formula is C16H23NO2. The Balaban J connectivity index is 2.08. The van der Waals surface area contributed by atoms with Crippen LogP contribution in [-0.2, 0) is 5.41 Å². The third kappa shape index (κ3) is 2.44. The average molecular weight is 261 g/mol. The van der Waals surface area contributed by atoms with Gasteiger partial charge in [0.1, 0.15) is 13.2 Å². The summed E-state index contributed by atoms with van der Waals surface area (Å²) in [5.74, 6) is 1.88. The van der Waals surface area contributed by atoms with Gasteiger partial charge in [-0.25, -0.2) is 0 Å². The second kappa shape index (κ2) is 4.71. The van der Waals surface area contributed by atoms with Gasteiger partial charge < -0.3 is 14.8 Å². The monoisotopic (exact) mass is 261 g/mol. The highest BCUT2D eigenvalue weighted by atomic mass is 16.6. The zero-order valence-electron chi connectivity index (χ0n) is 12.1. The van der Waals surface area contributed by atoms with Gasteiger partial charge in [-0.2, -0.15) is 0 Å². The van der Waals surface area contributed by atoms with Crippen molar-refractivity contribution in [3.63, 3.8) is 0 Å². The third-order valence-corrected chi connectivity index (χ3v) is 3.97. The van der Waals surface area contributed by atoms with Crippen molar-refractivity contribution in [1.82, 2.24) is 5.32 Å². The van der Waals surface area contributed by atoms with Crippen molar-refractivity contribution in [1.29, 1.82) is 0 Å². The number of fused-ring (bicyclic) bond motifs is 1. The topological polar surface area (TPSA) is 30.5 Å². The molecule has 0 aromatic heterocycles. The fraction of sp³-hybridized carbons (Fsp3) is 0.625. The second-order valence-corrected chi connectivity index (χ2v) is 6.49. The van der Waals surface area contributed by atoms with Gasteiger partial charge in [0.25, 0.3) is 0 Å². The molecule has 0 saturated carbocycles. The largest absolute Gasteiger partial charge is 0.486 e. The molecule has 1 atom stereocenters. The van der Waals surface area contributed by atoms with E-state index in [1.54, 1.807) is 0 Å². The summed E-state index contributed by atoms with van der Waals surface area (Å²) >= 11 is 0. The summed E-state index contributed by atoms with van der Waals surface area (Å²) in [6.07, 6.45) is 2.42. The molecule has 3 nitrogen and oxygen atoms in total. The van der Waals surface area contributed by atoms with Gasteiger partial charge in [-0.1, -0.05) is 20.8 Å². The van der Waals surface area contributed by atoms with Gasteiger partial charge >= 0.3 is 0 Å². The van der Waals surface area contributed by atoms with E-state index in [0.717, 1.165) is 18.0 Å². The fourth-order valence-electron chi connectivity index (χ4n) is 2.82. The van der Waals surface area contributed by atoms with Crippen LogP contribution in [0.25, 0.3) is 0 Å². The number of ether oxygens (including phenoxy) is 2.